The molecule has 8 nitrogen and oxygen atoms in total. The van der Waals surface area contributed by atoms with Crippen LogP contribution in [0.2, 0.25) is 0 Å². The number of anilines is 2. The first-order valence-corrected chi connectivity index (χ1v) is 10.2. The van der Waals surface area contributed by atoms with Crippen molar-refractivity contribution in [3.05, 3.63) is 77.7 Å². The van der Waals surface area contributed by atoms with Crippen molar-refractivity contribution in [3.8, 4) is 11.1 Å². The molecule has 1 aliphatic rings. The first-order chi connectivity index (χ1) is 15.5. The van der Waals surface area contributed by atoms with Crippen LogP contribution in [0, 0.1) is 12.7 Å². The molecule has 0 bridgehead atoms. The van der Waals surface area contributed by atoms with Gasteiger partial charge in [0.25, 0.3) is 0 Å². The van der Waals surface area contributed by atoms with E-state index in [1.807, 2.05) is 30.3 Å². The highest BCUT2D eigenvalue weighted by atomic mass is 19.1. The Bertz CT molecular complexity index is 1310. The monoisotopic (exact) mass is 432 g/mol. The highest BCUT2D eigenvalue weighted by Gasteiger charge is 2.32. The number of fused-ring (bicyclic) bond motifs is 1. The Hall–Kier alpha value is -3.98. The van der Waals surface area contributed by atoms with Crippen LogP contribution in [0.25, 0.3) is 16.8 Å². The summed E-state index contributed by atoms with van der Waals surface area (Å²) < 4.78 is 16.3. The molecule has 0 aliphatic carbocycles. The van der Waals surface area contributed by atoms with E-state index in [1.165, 1.54) is 15.6 Å². The number of nitrogens with one attached hydrogen (secondary N) is 1. The highest BCUT2D eigenvalue weighted by molar-refractivity contribution is 5.91. The summed E-state index contributed by atoms with van der Waals surface area (Å²) in [5.74, 6) is -0.273. The number of benzene rings is 2. The fourth-order valence-electron chi connectivity index (χ4n) is 3.91. The standard InChI is InChI=1S/C23H21FN6O2/c1-14-11-18(24)17(16-7-8-21-27-22(25)28-29(21)13-16)12-19(14)26-23(31)30-20(9-10-32-30)15-5-3-2-4-6-15/h2-8,11-13,20H,9-10H2,1H3,(H2,25,28)(H,26,31)/t20-/m0/s1. The van der Waals surface area contributed by atoms with Gasteiger partial charge in [-0.05, 0) is 42.3 Å². The number of rotatable bonds is 3. The molecular weight excluding hydrogens is 411 g/mol. The quantitative estimate of drug-likeness (QED) is 0.502. The molecule has 0 unspecified atom stereocenters. The van der Waals surface area contributed by atoms with Crippen molar-refractivity contribution in [1.29, 1.82) is 0 Å². The maximum absolute atomic E-state index is 14.8. The van der Waals surface area contributed by atoms with E-state index in [-0.39, 0.29) is 12.0 Å². The maximum Gasteiger partial charge on any atom is 0.346 e. The SMILES string of the molecule is Cc1cc(F)c(-c2ccc3nc(N)nn3c2)cc1NC(=O)N1OCC[C@H]1c1ccccc1. The number of aromatic nitrogens is 3. The molecule has 0 spiro atoms. The van der Waals surface area contributed by atoms with Crippen LogP contribution in [0.1, 0.15) is 23.6 Å². The summed E-state index contributed by atoms with van der Waals surface area (Å²) in [5.41, 5.74) is 9.19. The number of urea groups is 1. The predicted octanol–water partition coefficient (Wildman–Crippen LogP) is 4.34. The summed E-state index contributed by atoms with van der Waals surface area (Å²) in [5, 5.41) is 8.30. The zero-order valence-electron chi connectivity index (χ0n) is 17.3. The normalized spacial score (nSPS) is 15.9. The van der Waals surface area contributed by atoms with Crippen LogP contribution in [0.3, 0.4) is 0 Å². The zero-order chi connectivity index (χ0) is 22.2. The van der Waals surface area contributed by atoms with Gasteiger partial charge in [0, 0.05) is 29.4 Å². The molecule has 1 fully saturated rings. The largest absolute Gasteiger partial charge is 0.366 e. The number of pyridine rings is 1. The fourth-order valence-corrected chi connectivity index (χ4v) is 3.91. The Labute approximate surface area is 183 Å². The number of hydrogen-bond donors (Lipinski definition) is 2. The molecular formula is C23H21FN6O2. The topological polar surface area (TPSA) is 97.8 Å². The Balaban J connectivity index is 1.44. The molecule has 2 aromatic carbocycles. The van der Waals surface area contributed by atoms with Crippen molar-refractivity contribution < 1.29 is 14.0 Å². The molecule has 3 heterocycles. The highest BCUT2D eigenvalue weighted by Crippen LogP contribution is 2.33. The van der Waals surface area contributed by atoms with Crippen LogP contribution < -0.4 is 11.1 Å². The van der Waals surface area contributed by atoms with Crippen LogP contribution in [0.4, 0.5) is 20.8 Å². The Morgan fingerprint density at radius 2 is 2.03 bits per heavy atom. The smallest absolute Gasteiger partial charge is 0.346 e. The lowest BCUT2D eigenvalue weighted by Gasteiger charge is -2.23. The first kappa shape index (κ1) is 20.0. The van der Waals surface area contributed by atoms with Crippen LogP contribution in [-0.2, 0) is 4.84 Å². The number of hydrogen-bond acceptors (Lipinski definition) is 5. The van der Waals surface area contributed by atoms with E-state index in [4.69, 9.17) is 10.6 Å². The Kier molecular flexibility index (Phi) is 4.95. The van der Waals surface area contributed by atoms with Crippen molar-refractivity contribution in [2.45, 2.75) is 19.4 Å². The second kappa shape index (κ2) is 7.93. The van der Waals surface area contributed by atoms with E-state index in [2.05, 4.69) is 15.4 Å². The van der Waals surface area contributed by atoms with E-state index in [0.717, 1.165) is 5.56 Å². The minimum atomic E-state index is -0.410. The van der Waals surface area contributed by atoms with Gasteiger partial charge in [0.15, 0.2) is 5.65 Å². The molecule has 2 amide bonds. The number of nitrogen functional groups attached to an aromatic ring is 1. The summed E-state index contributed by atoms with van der Waals surface area (Å²) in [6, 6.07) is 15.6. The van der Waals surface area contributed by atoms with Crippen LogP contribution >= 0.6 is 0 Å². The average Bonchev–Trinajstić information content (AvgIpc) is 3.41. The summed E-state index contributed by atoms with van der Waals surface area (Å²) in [6.07, 6.45) is 2.35. The molecule has 162 valence electrons. The molecule has 1 saturated heterocycles. The molecule has 1 aliphatic heterocycles. The third kappa shape index (κ3) is 3.63. The lowest BCUT2D eigenvalue weighted by Crippen LogP contribution is -2.33. The third-order valence-electron chi connectivity index (χ3n) is 5.50. The van der Waals surface area contributed by atoms with Crippen molar-refractivity contribution in [2.24, 2.45) is 0 Å². The van der Waals surface area contributed by atoms with Gasteiger partial charge in [-0.25, -0.2) is 13.7 Å². The van der Waals surface area contributed by atoms with E-state index in [9.17, 15) is 9.18 Å². The molecule has 0 saturated carbocycles. The van der Waals surface area contributed by atoms with Gasteiger partial charge in [-0.2, -0.15) is 10.0 Å². The summed E-state index contributed by atoms with van der Waals surface area (Å²) in [4.78, 5) is 22.7. The van der Waals surface area contributed by atoms with Gasteiger partial charge >= 0.3 is 6.03 Å². The molecule has 3 N–H and O–H groups in total. The number of carbonyl (C=O) groups is 1. The number of carbonyl (C=O) groups excluding carboxylic acids is 1. The molecule has 32 heavy (non-hydrogen) atoms. The van der Waals surface area contributed by atoms with Gasteiger partial charge in [0.2, 0.25) is 5.95 Å². The molecule has 2 aromatic heterocycles. The van der Waals surface area contributed by atoms with Crippen LogP contribution in [0.15, 0.2) is 60.8 Å². The van der Waals surface area contributed by atoms with Crippen molar-refractivity contribution in [2.75, 3.05) is 17.7 Å². The third-order valence-corrected chi connectivity index (χ3v) is 5.50. The second-order valence-corrected chi connectivity index (χ2v) is 7.64. The van der Waals surface area contributed by atoms with Gasteiger partial charge in [0.1, 0.15) is 5.82 Å². The van der Waals surface area contributed by atoms with Gasteiger partial charge in [-0.15, -0.1) is 5.10 Å². The second-order valence-electron chi connectivity index (χ2n) is 7.64. The van der Waals surface area contributed by atoms with Gasteiger partial charge < -0.3 is 11.1 Å². The van der Waals surface area contributed by atoms with Gasteiger partial charge in [-0.3, -0.25) is 4.84 Å². The molecule has 0 radical (unpaired) electrons. The maximum atomic E-state index is 14.8. The first-order valence-electron chi connectivity index (χ1n) is 10.2. The fraction of sp³-hybridized carbons (Fsp3) is 0.174. The molecule has 9 heteroatoms. The molecule has 1 atom stereocenters. The van der Waals surface area contributed by atoms with Crippen LogP contribution in [-0.4, -0.2) is 32.3 Å². The molecule has 5 rings (SSSR count). The summed E-state index contributed by atoms with van der Waals surface area (Å²) in [6.45, 7) is 2.19. The van der Waals surface area contributed by atoms with E-state index >= 15 is 0 Å². The summed E-state index contributed by atoms with van der Waals surface area (Å²) >= 11 is 0. The van der Waals surface area contributed by atoms with Gasteiger partial charge in [-0.1, -0.05) is 30.3 Å². The number of nitrogens with two attached hydrogens (primary N) is 1. The number of hydroxylamine groups is 2. The van der Waals surface area contributed by atoms with E-state index in [0.29, 0.717) is 41.1 Å². The lowest BCUT2D eigenvalue weighted by molar-refractivity contribution is -0.0829. The zero-order valence-corrected chi connectivity index (χ0v) is 17.3. The number of aryl methyl sites for hydroxylation is 1. The van der Waals surface area contributed by atoms with Crippen molar-refractivity contribution >= 4 is 23.3 Å². The van der Waals surface area contributed by atoms with E-state index in [1.54, 1.807) is 31.3 Å². The molecule has 4 aromatic rings. The number of nitrogens with zero attached hydrogens (tertiary/aromatic N) is 4. The number of halogens is 1. The van der Waals surface area contributed by atoms with E-state index < -0.39 is 11.8 Å². The Morgan fingerprint density at radius 1 is 1.22 bits per heavy atom. The minimum Gasteiger partial charge on any atom is -0.366 e. The van der Waals surface area contributed by atoms with Gasteiger partial charge in [0.05, 0.1) is 12.6 Å². The summed E-state index contributed by atoms with van der Waals surface area (Å²) in [7, 11) is 0. The van der Waals surface area contributed by atoms with Crippen LogP contribution in [0.5, 0.6) is 0 Å². The van der Waals surface area contributed by atoms with Crippen molar-refractivity contribution in [3.63, 3.8) is 0 Å². The predicted molar refractivity (Wildman–Crippen MR) is 118 cm³/mol. The van der Waals surface area contributed by atoms with Crippen molar-refractivity contribution in [1.82, 2.24) is 19.7 Å². The minimum absolute atomic E-state index is 0.137. The Morgan fingerprint density at radius 3 is 2.84 bits per heavy atom. The average molecular weight is 432 g/mol. The number of amides is 2. The lowest BCUT2D eigenvalue weighted by atomic mass is 10.0.